The zero-order chi connectivity index (χ0) is 11.0. The summed E-state index contributed by atoms with van der Waals surface area (Å²) in [5.74, 6) is 0.582. The lowest BCUT2D eigenvalue weighted by atomic mass is 10.0. The molecule has 2 fully saturated rings. The van der Waals surface area contributed by atoms with Gasteiger partial charge in [-0.3, -0.25) is 0 Å². The first-order valence-electron chi connectivity index (χ1n) is 6.04. The molecule has 3 unspecified atom stereocenters. The minimum absolute atomic E-state index is 0.373. The summed E-state index contributed by atoms with van der Waals surface area (Å²) in [5, 5.41) is 11.6. The number of aromatic nitrogens is 3. The Morgan fingerprint density at radius 3 is 3.31 bits per heavy atom. The monoisotopic (exact) mass is 222 g/mol. The van der Waals surface area contributed by atoms with Gasteiger partial charge in [-0.15, -0.1) is 5.10 Å². The third-order valence-corrected chi connectivity index (χ3v) is 3.75. The number of nitrogens with one attached hydrogen (secondary N) is 1. The van der Waals surface area contributed by atoms with Crippen LogP contribution in [0, 0.1) is 12.8 Å². The van der Waals surface area contributed by atoms with E-state index >= 15 is 0 Å². The molecule has 88 valence electrons. The van der Waals surface area contributed by atoms with E-state index in [9.17, 15) is 0 Å². The third-order valence-electron chi connectivity index (χ3n) is 3.75. The highest BCUT2D eigenvalue weighted by Gasteiger charge is 2.38. The summed E-state index contributed by atoms with van der Waals surface area (Å²) in [5.41, 5.74) is 1.13. The number of rotatable bonds is 2. The standard InChI is InChI=1S/C11H18N4O/c1-8-6-13-14-15(8)7-9-2-3-10-11(9)16-5-4-12-10/h6,9-12H,2-5,7H2,1H3. The Labute approximate surface area is 95.2 Å². The Morgan fingerprint density at radius 1 is 1.56 bits per heavy atom. The lowest BCUT2D eigenvalue weighted by molar-refractivity contribution is -0.0189. The molecule has 16 heavy (non-hydrogen) atoms. The molecule has 0 amide bonds. The lowest BCUT2D eigenvalue weighted by Gasteiger charge is -2.30. The molecule has 1 saturated heterocycles. The van der Waals surface area contributed by atoms with Crippen molar-refractivity contribution in [1.29, 1.82) is 0 Å². The topological polar surface area (TPSA) is 52.0 Å². The van der Waals surface area contributed by atoms with Crippen molar-refractivity contribution in [3.05, 3.63) is 11.9 Å². The van der Waals surface area contributed by atoms with E-state index in [1.54, 1.807) is 0 Å². The van der Waals surface area contributed by atoms with Crippen molar-refractivity contribution in [3.63, 3.8) is 0 Å². The van der Waals surface area contributed by atoms with Gasteiger partial charge < -0.3 is 10.1 Å². The molecule has 0 aromatic carbocycles. The van der Waals surface area contributed by atoms with Gasteiger partial charge in [-0.25, -0.2) is 4.68 Å². The molecular weight excluding hydrogens is 204 g/mol. The average molecular weight is 222 g/mol. The van der Waals surface area contributed by atoms with Crippen molar-refractivity contribution >= 4 is 0 Å². The first kappa shape index (κ1) is 10.2. The Hall–Kier alpha value is -0.940. The van der Waals surface area contributed by atoms with Crippen LogP contribution in [-0.2, 0) is 11.3 Å². The summed E-state index contributed by atoms with van der Waals surface area (Å²) in [6.07, 6.45) is 4.63. The summed E-state index contributed by atoms with van der Waals surface area (Å²) >= 11 is 0. The molecule has 1 saturated carbocycles. The van der Waals surface area contributed by atoms with E-state index in [0.717, 1.165) is 25.4 Å². The van der Waals surface area contributed by atoms with Crippen molar-refractivity contribution in [2.24, 2.45) is 5.92 Å². The number of morpholine rings is 1. The Bertz CT molecular complexity index is 365. The van der Waals surface area contributed by atoms with E-state index in [1.807, 2.05) is 17.8 Å². The average Bonchev–Trinajstić information content (AvgIpc) is 2.88. The van der Waals surface area contributed by atoms with Crippen molar-refractivity contribution in [2.45, 2.75) is 38.5 Å². The SMILES string of the molecule is Cc1cnnn1CC1CCC2NCCOC12. The second-order valence-electron chi connectivity index (χ2n) is 4.79. The highest BCUT2D eigenvalue weighted by atomic mass is 16.5. The number of ether oxygens (including phenoxy) is 1. The maximum atomic E-state index is 5.88. The zero-order valence-corrected chi connectivity index (χ0v) is 9.59. The molecule has 0 bridgehead atoms. The van der Waals surface area contributed by atoms with Gasteiger partial charge in [-0.05, 0) is 19.8 Å². The highest BCUT2D eigenvalue weighted by Crippen LogP contribution is 2.31. The maximum Gasteiger partial charge on any atom is 0.0774 e. The van der Waals surface area contributed by atoms with Crippen molar-refractivity contribution < 1.29 is 4.74 Å². The van der Waals surface area contributed by atoms with Crippen LogP contribution in [0.5, 0.6) is 0 Å². The zero-order valence-electron chi connectivity index (χ0n) is 9.59. The number of hydrogen-bond acceptors (Lipinski definition) is 4. The highest BCUT2D eigenvalue weighted by molar-refractivity contribution is 4.95. The Kier molecular flexibility index (Phi) is 2.65. The largest absolute Gasteiger partial charge is 0.375 e. The van der Waals surface area contributed by atoms with Gasteiger partial charge >= 0.3 is 0 Å². The van der Waals surface area contributed by atoms with Crippen molar-refractivity contribution in [1.82, 2.24) is 20.3 Å². The molecule has 5 heteroatoms. The fraction of sp³-hybridized carbons (Fsp3) is 0.818. The van der Waals surface area contributed by atoms with Gasteiger partial charge in [0.05, 0.1) is 24.6 Å². The summed E-state index contributed by atoms with van der Waals surface area (Å²) in [7, 11) is 0. The van der Waals surface area contributed by atoms with Gasteiger partial charge in [0, 0.05) is 25.0 Å². The van der Waals surface area contributed by atoms with E-state index in [-0.39, 0.29) is 0 Å². The summed E-state index contributed by atoms with van der Waals surface area (Å²) in [6, 6.07) is 0.558. The van der Waals surface area contributed by atoms with Crippen LogP contribution in [0.25, 0.3) is 0 Å². The van der Waals surface area contributed by atoms with E-state index in [1.165, 1.54) is 12.8 Å². The molecule has 1 aromatic rings. The molecule has 3 atom stereocenters. The maximum absolute atomic E-state index is 5.88. The quantitative estimate of drug-likeness (QED) is 0.784. The van der Waals surface area contributed by atoms with Crippen LogP contribution < -0.4 is 5.32 Å². The number of fused-ring (bicyclic) bond motifs is 1. The predicted octanol–water partition coefficient (Wildman–Crippen LogP) is 0.354. The first-order valence-corrected chi connectivity index (χ1v) is 6.04. The molecular formula is C11H18N4O. The number of aryl methyl sites for hydroxylation is 1. The van der Waals surface area contributed by atoms with E-state index in [0.29, 0.717) is 18.1 Å². The van der Waals surface area contributed by atoms with Gasteiger partial charge in [0.15, 0.2) is 0 Å². The molecule has 1 aromatic heterocycles. The fourth-order valence-electron chi connectivity index (χ4n) is 2.87. The van der Waals surface area contributed by atoms with Crippen molar-refractivity contribution in [3.8, 4) is 0 Å². The second kappa shape index (κ2) is 4.14. The molecule has 2 heterocycles. The van der Waals surface area contributed by atoms with E-state index in [4.69, 9.17) is 4.74 Å². The van der Waals surface area contributed by atoms with E-state index in [2.05, 4.69) is 15.6 Å². The van der Waals surface area contributed by atoms with Crippen molar-refractivity contribution in [2.75, 3.05) is 13.2 Å². The van der Waals surface area contributed by atoms with Crippen LogP contribution >= 0.6 is 0 Å². The molecule has 5 nitrogen and oxygen atoms in total. The molecule has 0 spiro atoms. The summed E-state index contributed by atoms with van der Waals surface area (Å²) in [6.45, 7) is 4.82. The molecule has 1 aliphatic carbocycles. The summed E-state index contributed by atoms with van der Waals surface area (Å²) in [4.78, 5) is 0. The molecule has 0 radical (unpaired) electrons. The smallest absolute Gasteiger partial charge is 0.0774 e. The van der Waals surface area contributed by atoms with E-state index < -0.39 is 0 Å². The molecule has 1 N–H and O–H groups in total. The van der Waals surface area contributed by atoms with Crippen LogP contribution in [0.2, 0.25) is 0 Å². The summed E-state index contributed by atoms with van der Waals surface area (Å²) < 4.78 is 7.87. The lowest BCUT2D eigenvalue weighted by Crippen LogP contribution is -2.47. The molecule has 1 aliphatic heterocycles. The van der Waals surface area contributed by atoms with Crippen LogP contribution in [0.3, 0.4) is 0 Å². The third kappa shape index (κ3) is 1.74. The Morgan fingerprint density at radius 2 is 2.50 bits per heavy atom. The minimum atomic E-state index is 0.373. The van der Waals surface area contributed by atoms with Gasteiger partial charge in [0.25, 0.3) is 0 Å². The van der Waals surface area contributed by atoms with Gasteiger partial charge in [-0.2, -0.15) is 0 Å². The fourth-order valence-corrected chi connectivity index (χ4v) is 2.87. The van der Waals surface area contributed by atoms with Gasteiger partial charge in [-0.1, -0.05) is 5.21 Å². The van der Waals surface area contributed by atoms with Crippen LogP contribution in [0.1, 0.15) is 18.5 Å². The minimum Gasteiger partial charge on any atom is -0.375 e. The first-order chi connectivity index (χ1) is 7.84. The van der Waals surface area contributed by atoms with Crippen LogP contribution in [-0.4, -0.2) is 40.3 Å². The van der Waals surface area contributed by atoms with Gasteiger partial charge in [0.2, 0.25) is 0 Å². The molecule has 2 aliphatic rings. The van der Waals surface area contributed by atoms with Crippen LogP contribution in [0.15, 0.2) is 6.20 Å². The normalized spacial score (nSPS) is 33.9. The number of hydrogen-bond donors (Lipinski definition) is 1. The molecule has 3 rings (SSSR count). The Balaban J connectivity index is 1.69. The van der Waals surface area contributed by atoms with Crippen LogP contribution in [0.4, 0.5) is 0 Å². The van der Waals surface area contributed by atoms with Gasteiger partial charge in [0.1, 0.15) is 0 Å². The predicted molar refractivity (Wildman–Crippen MR) is 59.0 cm³/mol. The number of nitrogens with zero attached hydrogens (tertiary/aromatic N) is 3. The second-order valence-corrected chi connectivity index (χ2v) is 4.79.